The second-order valence-electron chi connectivity index (χ2n) is 12.5. The molecule has 0 bridgehead atoms. The van der Waals surface area contributed by atoms with Gasteiger partial charge in [0.05, 0.1) is 30.8 Å². The van der Waals surface area contributed by atoms with Crippen molar-refractivity contribution in [2.75, 3.05) is 49.1 Å². The number of nitriles is 1. The second kappa shape index (κ2) is 11.7. The molecule has 9 nitrogen and oxygen atoms in total. The van der Waals surface area contributed by atoms with Gasteiger partial charge in [-0.1, -0.05) is 36.9 Å². The van der Waals surface area contributed by atoms with E-state index in [0.717, 1.165) is 43.0 Å². The zero-order chi connectivity index (χ0) is 30.4. The maximum Gasteiger partial charge on any atom is 0.318 e. The maximum atomic E-state index is 13.8. The van der Waals surface area contributed by atoms with Crippen molar-refractivity contribution in [3.63, 3.8) is 0 Å². The summed E-state index contributed by atoms with van der Waals surface area (Å²) in [6.07, 6.45) is 4.50. The number of nitrogens with zero attached hydrogens (tertiary/aromatic N) is 7. The summed E-state index contributed by atoms with van der Waals surface area (Å²) >= 11 is 0. The average molecular weight is 596 g/mol. The van der Waals surface area contributed by atoms with Crippen molar-refractivity contribution in [3.8, 4) is 12.1 Å². The SMILES string of the molecule is C=C(F)C(=O)N1CCN(c2nc(OCC3CCN3C3CC3)nc3c2CCN(c2cccc4cccc(C)c24)C3)C[C@@H]1CC#N. The van der Waals surface area contributed by atoms with Crippen LogP contribution in [0.4, 0.5) is 15.9 Å². The Bertz CT molecular complexity index is 1650. The molecule has 1 saturated carbocycles. The molecule has 0 spiro atoms. The maximum absolute atomic E-state index is 13.8. The third-order valence-electron chi connectivity index (χ3n) is 9.67. The van der Waals surface area contributed by atoms with E-state index < -0.39 is 17.8 Å². The number of benzene rings is 2. The molecule has 4 heterocycles. The number of halogens is 1. The Kier molecular flexibility index (Phi) is 7.58. The number of aromatic nitrogens is 2. The lowest BCUT2D eigenvalue weighted by molar-refractivity contribution is -0.131. The zero-order valence-corrected chi connectivity index (χ0v) is 25.2. The summed E-state index contributed by atoms with van der Waals surface area (Å²) in [4.78, 5) is 31.0. The van der Waals surface area contributed by atoms with Gasteiger partial charge in [0.1, 0.15) is 12.4 Å². The summed E-state index contributed by atoms with van der Waals surface area (Å²) in [5.41, 5.74) is 4.43. The van der Waals surface area contributed by atoms with Crippen LogP contribution in [0, 0.1) is 18.3 Å². The molecule has 4 aliphatic rings. The van der Waals surface area contributed by atoms with Gasteiger partial charge in [-0.25, -0.2) is 4.39 Å². The van der Waals surface area contributed by atoms with Crippen LogP contribution in [0.25, 0.3) is 10.8 Å². The number of hydrogen-bond acceptors (Lipinski definition) is 8. The van der Waals surface area contributed by atoms with Crippen LogP contribution in [0.2, 0.25) is 0 Å². The second-order valence-corrected chi connectivity index (χ2v) is 12.5. The predicted molar refractivity (Wildman–Crippen MR) is 167 cm³/mol. The number of hydrogen-bond donors (Lipinski definition) is 0. The first-order valence-corrected chi connectivity index (χ1v) is 15.7. The quantitative estimate of drug-likeness (QED) is 0.351. The molecule has 228 valence electrons. The number of carbonyl (C=O) groups is 1. The highest BCUT2D eigenvalue weighted by molar-refractivity contribution is 5.97. The van der Waals surface area contributed by atoms with Crippen LogP contribution >= 0.6 is 0 Å². The molecule has 0 radical (unpaired) electrons. The number of aryl methyl sites for hydroxylation is 1. The third-order valence-corrected chi connectivity index (χ3v) is 9.67. The van der Waals surface area contributed by atoms with Gasteiger partial charge in [0, 0.05) is 61.4 Å². The van der Waals surface area contributed by atoms with Gasteiger partial charge in [-0.15, -0.1) is 0 Å². The minimum absolute atomic E-state index is 0.0963. The molecule has 3 fully saturated rings. The van der Waals surface area contributed by atoms with Crippen molar-refractivity contribution in [3.05, 3.63) is 65.6 Å². The highest BCUT2D eigenvalue weighted by Gasteiger charge is 2.40. The smallest absolute Gasteiger partial charge is 0.318 e. The van der Waals surface area contributed by atoms with Gasteiger partial charge in [-0.3, -0.25) is 9.69 Å². The first-order chi connectivity index (χ1) is 21.4. The predicted octanol–water partition coefficient (Wildman–Crippen LogP) is 4.53. The van der Waals surface area contributed by atoms with Gasteiger partial charge in [0.2, 0.25) is 0 Å². The highest BCUT2D eigenvalue weighted by atomic mass is 19.1. The fourth-order valence-corrected chi connectivity index (χ4v) is 7.14. The van der Waals surface area contributed by atoms with E-state index in [9.17, 15) is 14.4 Å². The Morgan fingerprint density at radius 2 is 1.89 bits per heavy atom. The van der Waals surface area contributed by atoms with Crippen LogP contribution in [0.1, 0.15) is 42.5 Å². The summed E-state index contributed by atoms with van der Waals surface area (Å²) in [6, 6.07) is 16.0. The topological polar surface area (TPSA) is 88.8 Å². The van der Waals surface area contributed by atoms with E-state index in [1.807, 2.05) is 0 Å². The number of rotatable bonds is 8. The minimum atomic E-state index is -1.00. The lowest BCUT2D eigenvalue weighted by Gasteiger charge is -2.42. The zero-order valence-electron chi connectivity index (χ0n) is 25.2. The van der Waals surface area contributed by atoms with Crippen LogP contribution in [0.3, 0.4) is 0 Å². The molecule has 2 aromatic carbocycles. The number of fused-ring (bicyclic) bond motifs is 2. The van der Waals surface area contributed by atoms with Gasteiger partial charge in [-0.05, 0) is 49.6 Å². The van der Waals surface area contributed by atoms with Crippen LogP contribution in [-0.4, -0.2) is 83.1 Å². The van der Waals surface area contributed by atoms with E-state index in [0.29, 0.717) is 44.3 Å². The molecule has 1 aliphatic carbocycles. The van der Waals surface area contributed by atoms with Crippen molar-refractivity contribution in [1.29, 1.82) is 5.26 Å². The molecule has 1 unspecified atom stereocenters. The lowest BCUT2D eigenvalue weighted by Crippen LogP contribution is -2.56. The van der Waals surface area contributed by atoms with Gasteiger partial charge in [0.25, 0.3) is 5.91 Å². The number of likely N-dealkylation sites (tertiary alicyclic amines) is 1. The molecular formula is C34H38FN7O2. The van der Waals surface area contributed by atoms with Gasteiger partial charge in [0.15, 0.2) is 5.83 Å². The van der Waals surface area contributed by atoms with Crippen LogP contribution in [0.5, 0.6) is 6.01 Å². The Morgan fingerprint density at radius 3 is 2.61 bits per heavy atom. The molecule has 7 rings (SSSR count). The monoisotopic (exact) mass is 595 g/mol. The van der Waals surface area contributed by atoms with Gasteiger partial charge in [-0.2, -0.15) is 15.2 Å². The van der Waals surface area contributed by atoms with Crippen molar-refractivity contribution >= 4 is 28.2 Å². The molecule has 1 aromatic heterocycles. The minimum Gasteiger partial charge on any atom is -0.462 e. The largest absolute Gasteiger partial charge is 0.462 e. The number of ether oxygens (including phenoxy) is 1. The van der Waals surface area contributed by atoms with Crippen molar-refractivity contribution in [2.45, 2.75) is 63.7 Å². The van der Waals surface area contributed by atoms with E-state index in [-0.39, 0.29) is 13.0 Å². The lowest BCUT2D eigenvalue weighted by atomic mass is 9.99. The normalized spacial score (nSPS) is 21.9. The third kappa shape index (κ3) is 5.34. The molecule has 3 aromatic rings. The van der Waals surface area contributed by atoms with E-state index in [1.54, 1.807) is 0 Å². The highest BCUT2D eigenvalue weighted by Crippen LogP contribution is 2.37. The van der Waals surface area contributed by atoms with Crippen LogP contribution in [-0.2, 0) is 17.8 Å². The fourth-order valence-electron chi connectivity index (χ4n) is 7.14. The molecule has 44 heavy (non-hydrogen) atoms. The standard InChI is InChI=1S/C34H38FN7O2/c1-22-5-3-6-24-7-4-8-30(31(22)24)39-15-13-28-29(20-39)37-34(44-21-27-12-16-41(27)25-9-10-25)38-32(28)40-17-18-42(33(43)23(2)35)26(19-40)11-14-36/h3-8,25-27H,2,9-13,15-21H2,1H3/t26-,27?/m0/s1. The molecule has 1 amide bonds. The Labute approximate surface area is 257 Å². The Balaban J connectivity index is 1.20. The van der Waals surface area contributed by atoms with Crippen LogP contribution in [0.15, 0.2) is 48.8 Å². The molecule has 0 N–H and O–H groups in total. The first-order valence-electron chi connectivity index (χ1n) is 15.7. The molecule has 3 aliphatic heterocycles. The summed E-state index contributed by atoms with van der Waals surface area (Å²) in [5.74, 6) is -0.961. The number of anilines is 2. The molecule has 10 heteroatoms. The van der Waals surface area contributed by atoms with E-state index >= 15 is 0 Å². The van der Waals surface area contributed by atoms with Crippen molar-refractivity contribution in [2.24, 2.45) is 0 Å². The number of carbonyl (C=O) groups excluding carboxylic acids is 1. The number of piperazine rings is 1. The summed E-state index contributed by atoms with van der Waals surface area (Å²) in [6.45, 7) is 9.57. The Hall–Kier alpha value is -4.23. The van der Waals surface area contributed by atoms with E-state index in [1.165, 1.54) is 39.8 Å². The molecule has 2 atom stereocenters. The van der Waals surface area contributed by atoms with Crippen molar-refractivity contribution < 1.29 is 13.9 Å². The van der Waals surface area contributed by atoms with E-state index in [4.69, 9.17) is 14.7 Å². The summed E-state index contributed by atoms with van der Waals surface area (Å²) in [5, 5.41) is 12.0. The first kappa shape index (κ1) is 28.5. The Morgan fingerprint density at radius 1 is 1.07 bits per heavy atom. The summed E-state index contributed by atoms with van der Waals surface area (Å²) in [7, 11) is 0. The summed E-state index contributed by atoms with van der Waals surface area (Å²) < 4.78 is 20.2. The molecule has 2 saturated heterocycles. The number of amides is 1. The molecular weight excluding hydrogens is 557 g/mol. The van der Waals surface area contributed by atoms with Gasteiger partial charge < -0.3 is 19.4 Å². The average Bonchev–Trinajstić information content (AvgIpc) is 3.84. The van der Waals surface area contributed by atoms with Crippen molar-refractivity contribution in [1.82, 2.24) is 19.8 Å². The fraction of sp³-hybridized carbons (Fsp3) is 0.471. The van der Waals surface area contributed by atoms with Gasteiger partial charge >= 0.3 is 6.01 Å². The van der Waals surface area contributed by atoms with E-state index in [2.05, 4.69) is 70.7 Å². The van der Waals surface area contributed by atoms with Crippen LogP contribution < -0.4 is 14.5 Å².